The van der Waals surface area contributed by atoms with Crippen LogP contribution in [-0.4, -0.2) is 28.2 Å². The summed E-state index contributed by atoms with van der Waals surface area (Å²) in [5.41, 5.74) is 1.48. The van der Waals surface area contributed by atoms with Crippen LogP contribution >= 0.6 is 0 Å². The molecule has 0 bridgehead atoms. The van der Waals surface area contributed by atoms with Crippen molar-refractivity contribution in [3.8, 4) is 0 Å². The molecule has 3 saturated carbocycles. The number of rotatable bonds is 6. The Morgan fingerprint density at radius 2 is 1.78 bits per heavy atom. The first-order valence-electron chi connectivity index (χ1n) is 13.6. The largest absolute Gasteiger partial charge is 0.393 e. The molecule has 4 aliphatic rings. The first kappa shape index (κ1) is 24.5. The zero-order valence-corrected chi connectivity index (χ0v) is 21.4. The van der Waals surface area contributed by atoms with Crippen LogP contribution in [0.5, 0.6) is 0 Å². The molecule has 1 unspecified atom stereocenters. The van der Waals surface area contributed by atoms with Crippen molar-refractivity contribution in [2.45, 2.75) is 112 Å². The fourth-order valence-corrected chi connectivity index (χ4v) is 8.99. The molecular weight excluding hydrogens is 396 g/mol. The van der Waals surface area contributed by atoms with E-state index in [1.54, 1.807) is 0 Å². The summed E-state index contributed by atoms with van der Waals surface area (Å²) < 4.78 is 0. The third-order valence-electron chi connectivity index (χ3n) is 11.2. The van der Waals surface area contributed by atoms with Crippen molar-refractivity contribution in [1.29, 1.82) is 0 Å². The van der Waals surface area contributed by atoms with Gasteiger partial charge >= 0.3 is 0 Å². The normalized spacial score (nSPS) is 44.3. The van der Waals surface area contributed by atoms with Gasteiger partial charge in [-0.25, -0.2) is 0 Å². The van der Waals surface area contributed by atoms with Crippen molar-refractivity contribution in [2.24, 2.45) is 52.3 Å². The van der Waals surface area contributed by atoms with Crippen molar-refractivity contribution in [3.63, 3.8) is 0 Å². The zero-order valence-electron chi connectivity index (χ0n) is 21.4. The Morgan fingerprint density at radius 3 is 2.44 bits per heavy atom. The van der Waals surface area contributed by atoms with E-state index in [9.17, 15) is 15.0 Å². The molecule has 10 atom stereocenters. The Labute approximate surface area is 196 Å². The van der Waals surface area contributed by atoms with Gasteiger partial charge in [-0.3, -0.25) is 4.79 Å². The van der Waals surface area contributed by atoms with Crippen LogP contribution in [0.25, 0.3) is 0 Å². The van der Waals surface area contributed by atoms with Gasteiger partial charge in [0.25, 0.3) is 0 Å². The van der Waals surface area contributed by atoms with Crippen molar-refractivity contribution in [3.05, 3.63) is 11.6 Å². The van der Waals surface area contributed by atoms with E-state index in [1.165, 1.54) is 12.0 Å². The molecule has 3 heteroatoms. The van der Waals surface area contributed by atoms with Crippen LogP contribution in [0.15, 0.2) is 11.6 Å². The number of ketones is 1. The van der Waals surface area contributed by atoms with Gasteiger partial charge in [0.05, 0.1) is 12.2 Å². The summed E-state index contributed by atoms with van der Waals surface area (Å²) in [6.45, 7) is 13.9. The maximum Gasteiger partial charge on any atom is 0.159 e. The molecule has 2 N–H and O–H groups in total. The maximum atomic E-state index is 13.5. The highest BCUT2D eigenvalue weighted by Crippen LogP contribution is 2.66. The van der Waals surface area contributed by atoms with E-state index in [2.05, 4.69) is 41.5 Å². The number of hydrogen-bond donors (Lipinski definition) is 2. The number of aliphatic hydroxyl groups excluding tert-OH is 2. The molecule has 0 saturated heterocycles. The van der Waals surface area contributed by atoms with Gasteiger partial charge in [-0.1, -0.05) is 53.5 Å². The Hall–Kier alpha value is -0.670. The summed E-state index contributed by atoms with van der Waals surface area (Å²) in [6, 6.07) is 0. The fraction of sp³-hybridized carbons (Fsp3) is 0.897. The standard InChI is InChI=1S/C29H48O3/c1-7-19(17(2)3)14-25(31)18(4)22-8-9-23-27-24(11-13-29(22,23)6)28(5)12-10-21(30)15-20(28)16-26(27)32/h16-19,21-25,27,30-31H,7-15H2,1-6H3/t18-,19+,21-,22?,23-,24-,25+,27-,28-,29+/m0/s1. The highest BCUT2D eigenvalue weighted by atomic mass is 16.3. The molecule has 0 spiro atoms. The van der Waals surface area contributed by atoms with Crippen molar-refractivity contribution >= 4 is 5.78 Å². The quantitative estimate of drug-likeness (QED) is 0.515. The summed E-state index contributed by atoms with van der Waals surface area (Å²) >= 11 is 0. The van der Waals surface area contributed by atoms with Crippen LogP contribution in [0.3, 0.4) is 0 Å². The molecule has 0 aromatic heterocycles. The molecular formula is C29H48O3. The maximum absolute atomic E-state index is 13.5. The minimum Gasteiger partial charge on any atom is -0.393 e. The summed E-state index contributed by atoms with van der Waals surface area (Å²) in [6.07, 6.45) is 10.6. The summed E-state index contributed by atoms with van der Waals surface area (Å²) in [7, 11) is 0. The zero-order chi connectivity index (χ0) is 23.4. The molecule has 0 aromatic carbocycles. The van der Waals surface area contributed by atoms with Gasteiger partial charge in [-0.2, -0.15) is 0 Å². The summed E-state index contributed by atoms with van der Waals surface area (Å²) in [5.74, 6) is 3.36. The Balaban J connectivity index is 1.55. The van der Waals surface area contributed by atoms with E-state index < -0.39 is 0 Å². The summed E-state index contributed by atoms with van der Waals surface area (Å²) in [5, 5.41) is 21.5. The Bertz CT molecular complexity index is 741. The van der Waals surface area contributed by atoms with Crippen LogP contribution in [0, 0.1) is 52.3 Å². The third kappa shape index (κ3) is 3.84. The molecule has 32 heavy (non-hydrogen) atoms. The molecule has 182 valence electrons. The number of carbonyl (C=O) groups is 1. The first-order valence-corrected chi connectivity index (χ1v) is 13.6. The number of aliphatic hydroxyl groups is 2. The average molecular weight is 445 g/mol. The van der Waals surface area contributed by atoms with Gasteiger partial charge in [0, 0.05) is 5.92 Å². The molecule has 0 heterocycles. The average Bonchev–Trinajstić information content (AvgIpc) is 3.09. The Morgan fingerprint density at radius 1 is 1.06 bits per heavy atom. The number of hydrogen-bond acceptors (Lipinski definition) is 3. The number of allylic oxidation sites excluding steroid dienone is 1. The molecule has 0 amide bonds. The lowest BCUT2D eigenvalue weighted by Gasteiger charge is -2.57. The summed E-state index contributed by atoms with van der Waals surface area (Å²) in [4.78, 5) is 13.5. The van der Waals surface area contributed by atoms with E-state index in [4.69, 9.17) is 0 Å². The highest BCUT2D eigenvalue weighted by Gasteiger charge is 2.61. The number of fused-ring (bicyclic) bond motifs is 5. The van der Waals surface area contributed by atoms with Gasteiger partial charge in [-0.15, -0.1) is 0 Å². The molecule has 4 aliphatic carbocycles. The van der Waals surface area contributed by atoms with Gasteiger partial charge in [0.2, 0.25) is 0 Å². The molecule has 0 aliphatic heterocycles. The first-order chi connectivity index (χ1) is 15.0. The van der Waals surface area contributed by atoms with Crippen molar-refractivity contribution in [1.82, 2.24) is 0 Å². The van der Waals surface area contributed by atoms with E-state index in [0.717, 1.165) is 44.9 Å². The van der Waals surface area contributed by atoms with Crippen LogP contribution < -0.4 is 0 Å². The van der Waals surface area contributed by atoms with Gasteiger partial charge in [0.1, 0.15) is 0 Å². The molecule has 0 radical (unpaired) electrons. The molecule has 3 nitrogen and oxygen atoms in total. The second kappa shape index (κ2) is 8.84. The lowest BCUT2D eigenvalue weighted by Crippen LogP contribution is -2.54. The number of carbonyl (C=O) groups excluding carboxylic acids is 1. The van der Waals surface area contributed by atoms with Crippen molar-refractivity contribution in [2.75, 3.05) is 0 Å². The lowest BCUT2D eigenvalue weighted by molar-refractivity contribution is -0.135. The minimum absolute atomic E-state index is 0.0912. The van der Waals surface area contributed by atoms with E-state index in [-0.39, 0.29) is 29.0 Å². The van der Waals surface area contributed by atoms with Gasteiger partial charge in [0.15, 0.2) is 5.78 Å². The predicted octanol–water partition coefficient (Wildman–Crippen LogP) is 6.17. The smallest absolute Gasteiger partial charge is 0.159 e. The van der Waals surface area contributed by atoms with Gasteiger partial charge in [-0.05, 0) is 104 Å². The highest BCUT2D eigenvalue weighted by molar-refractivity contribution is 5.94. The van der Waals surface area contributed by atoms with Gasteiger partial charge < -0.3 is 10.2 Å². The molecule has 3 fully saturated rings. The second-order valence-electron chi connectivity index (χ2n) is 12.9. The van der Waals surface area contributed by atoms with E-state index in [0.29, 0.717) is 47.7 Å². The van der Waals surface area contributed by atoms with E-state index >= 15 is 0 Å². The SMILES string of the molecule is CC[C@H](C[C@@H](O)[C@@H](C)C1CC[C@H]2[C@@H]3C(=O)C=C4C[C@@H](O)CC[C@]4(C)[C@H]3CC[C@]12C)C(C)C. The van der Waals surface area contributed by atoms with E-state index in [1.807, 2.05) is 6.08 Å². The third-order valence-corrected chi connectivity index (χ3v) is 11.2. The fourth-order valence-electron chi connectivity index (χ4n) is 8.99. The van der Waals surface area contributed by atoms with Crippen molar-refractivity contribution < 1.29 is 15.0 Å². The molecule has 4 rings (SSSR count). The monoisotopic (exact) mass is 444 g/mol. The van der Waals surface area contributed by atoms with Crippen LogP contribution in [0.1, 0.15) is 99.3 Å². The molecule has 0 aromatic rings. The topological polar surface area (TPSA) is 57.5 Å². The Kier molecular flexibility index (Phi) is 6.75. The van der Waals surface area contributed by atoms with Crippen LogP contribution in [0.4, 0.5) is 0 Å². The van der Waals surface area contributed by atoms with Crippen LogP contribution in [-0.2, 0) is 4.79 Å². The lowest BCUT2D eigenvalue weighted by atomic mass is 9.46. The minimum atomic E-state index is -0.275. The second-order valence-corrected chi connectivity index (χ2v) is 12.9. The van der Waals surface area contributed by atoms with Crippen LogP contribution in [0.2, 0.25) is 0 Å². The predicted molar refractivity (Wildman–Crippen MR) is 130 cm³/mol.